The molecule has 82 valence electrons. The molecular weight excluding hydrogens is 236 g/mol. The van der Waals surface area contributed by atoms with E-state index in [0.717, 1.165) is 17.1 Å². The fourth-order valence-corrected chi connectivity index (χ4v) is 3.59. The van der Waals surface area contributed by atoms with Crippen molar-refractivity contribution in [2.45, 2.75) is 20.3 Å². The van der Waals surface area contributed by atoms with E-state index in [9.17, 15) is 0 Å². The summed E-state index contributed by atoms with van der Waals surface area (Å²) in [6.07, 6.45) is 3.24. The molecule has 0 amide bonds. The highest BCUT2D eigenvalue weighted by Crippen LogP contribution is 2.29. The van der Waals surface area contributed by atoms with Crippen LogP contribution >= 0.6 is 22.7 Å². The summed E-state index contributed by atoms with van der Waals surface area (Å²) in [5.74, 6) is 0. The van der Waals surface area contributed by atoms with E-state index in [-0.39, 0.29) is 0 Å². The summed E-state index contributed by atoms with van der Waals surface area (Å²) in [4.78, 5) is 8.46. The van der Waals surface area contributed by atoms with Crippen LogP contribution in [0.4, 0.5) is 0 Å². The Morgan fingerprint density at radius 3 is 2.94 bits per heavy atom. The summed E-state index contributed by atoms with van der Waals surface area (Å²) in [6, 6.07) is 4.19. The molecule has 0 saturated carbocycles. The lowest BCUT2D eigenvalue weighted by Gasteiger charge is -1.92. The third-order valence-electron chi connectivity index (χ3n) is 2.75. The number of hydrogen-bond donors (Lipinski definition) is 0. The maximum Gasteiger partial charge on any atom is 0.194 e. The van der Waals surface area contributed by atoms with Crippen molar-refractivity contribution in [3.8, 4) is 10.6 Å². The lowest BCUT2D eigenvalue weighted by atomic mass is 10.3. The summed E-state index contributed by atoms with van der Waals surface area (Å²) < 4.78 is 2.21. The first-order chi connectivity index (χ1) is 7.79. The number of rotatable bonds is 2. The number of aryl methyl sites for hydroxylation is 2. The normalized spacial score (nSPS) is 11.4. The molecule has 2 nitrogen and oxygen atoms in total. The molecule has 0 unspecified atom stereocenters. The van der Waals surface area contributed by atoms with Crippen molar-refractivity contribution in [2.24, 2.45) is 0 Å². The number of thiazole rings is 1. The summed E-state index contributed by atoms with van der Waals surface area (Å²) in [5.41, 5.74) is 2.42. The van der Waals surface area contributed by atoms with Crippen LogP contribution in [-0.4, -0.2) is 9.38 Å². The van der Waals surface area contributed by atoms with Crippen LogP contribution in [0.5, 0.6) is 0 Å². The first-order valence-corrected chi connectivity index (χ1v) is 7.00. The van der Waals surface area contributed by atoms with E-state index in [1.54, 1.807) is 22.7 Å². The largest absolute Gasteiger partial charge is 0.294 e. The van der Waals surface area contributed by atoms with E-state index < -0.39 is 0 Å². The molecule has 0 aliphatic rings. The van der Waals surface area contributed by atoms with Gasteiger partial charge in [0.2, 0.25) is 0 Å². The highest BCUT2D eigenvalue weighted by Gasteiger charge is 2.11. The molecule has 0 atom stereocenters. The number of thiophene rings is 1. The summed E-state index contributed by atoms with van der Waals surface area (Å²) >= 11 is 3.54. The van der Waals surface area contributed by atoms with Crippen LogP contribution in [0.3, 0.4) is 0 Å². The van der Waals surface area contributed by atoms with Crippen molar-refractivity contribution in [1.82, 2.24) is 9.38 Å². The molecule has 16 heavy (non-hydrogen) atoms. The third kappa shape index (κ3) is 1.41. The van der Waals surface area contributed by atoms with Gasteiger partial charge in [-0.15, -0.1) is 22.7 Å². The molecule has 3 aromatic rings. The molecule has 0 aromatic carbocycles. The minimum atomic E-state index is 1.09. The lowest BCUT2D eigenvalue weighted by molar-refractivity contribution is 1.06. The van der Waals surface area contributed by atoms with Gasteiger partial charge >= 0.3 is 0 Å². The molecule has 4 heteroatoms. The number of nitrogens with zero attached hydrogens (tertiary/aromatic N) is 2. The van der Waals surface area contributed by atoms with E-state index in [0.29, 0.717) is 0 Å². The Morgan fingerprint density at radius 2 is 2.31 bits per heavy atom. The Morgan fingerprint density at radius 1 is 1.44 bits per heavy atom. The fraction of sp³-hybridized carbons (Fsp3) is 0.250. The van der Waals surface area contributed by atoms with Gasteiger partial charge in [0, 0.05) is 16.8 Å². The number of hydrogen-bond acceptors (Lipinski definition) is 3. The van der Waals surface area contributed by atoms with Gasteiger partial charge in [0.15, 0.2) is 4.96 Å². The van der Waals surface area contributed by atoms with Gasteiger partial charge in [-0.05, 0) is 24.8 Å². The van der Waals surface area contributed by atoms with Crippen molar-refractivity contribution in [2.75, 3.05) is 0 Å². The van der Waals surface area contributed by atoms with Crippen molar-refractivity contribution in [1.29, 1.82) is 0 Å². The van der Waals surface area contributed by atoms with Gasteiger partial charge in [-0.2, -0.15) is 0 Å². The highest BCUT2D eigenvalue weighted by atomic mass is 32.1. The second-order valence-electron chi connectivity index (χ2n) is 3.72. The van der Waals surface area contributed by atoms with Crippen molar-refractivity contribution in [3.05, 3.63) is 34.3 Å². The standard InChI is InChI=1S/C12H12N2S2/c1-3-10-8(2)14-7-9(13-12(14)16-10)11-5-4-6-15-11/h4-7H,3H2,1-2H3. The molecule has 0 fully saturated rings. The average molecular weight is 248 g/mol. The predicted octanol–water partition coefficient (Wildman–Crippen LogP) is 4.00. The number of fused-ring (bicyclic) bond motifs is 1. The zero-order valence-electron chi connectivity index (χ0n) is 9.23. The van der Waals surface area contributed by atoms with Crippen molar-refractivity contribution >= 4 is 27.6 Å². The van der Waals surface area contributed by atoms with Crippen molar-refractivity contribution in [3.63, 3.8) is 0 Å². The van der Waals surface area contributed by atoms with Gasteiger partial charge in [-0.3, -0.25) is 4.40 Å². The molecule has 0 radical (unpaired) electrons. The van der Waals surface area contributed by atoms with E-state index in [1.165, 1.54) is 15.4 Å². The Bertz CT molecular complexity index is 617. The maximum absolute atomic E-state index is 4.68. The van der Waals surface area contributed by atoms with Crippen LogP contribution in [0, 0.1) is 6.92 Å². The van der Waals surface area contributed by atoms with E-state index in [4.69, 9.17) is 0 Å². The lowest BCUT2D eigenvalue weighted by Crippen LogP contribution is -1.84. The zero-order chi connectivity index (χ0) is 11.1. The van der Waals surface area contributed by atoms with E-state index in [1.807, 2.05) is 0 Å². The summed E-state index contributed by atoms with van der Waals surface area (Å²) in [6.45, 7) is 4.36. The smallest absolute Gasteiger partial charge is 0.194 e. The fourth-order valence-electron chi connectivity index (χ4n) is 1.86. The third-order valence-corrected chi connectivity index (χ3v) is 4.94. The van der Waals surface area contributed by atoms with Gasteiger partial charge in [0.05, 0.1) is 4.88 Å². The molecule has 3 heterocycles. The zero-order valence-corrected chi connectivity index (χ0v) is 10.9. The molecule has 0 aliphatic heterocycles. The van der Waals surface area contributed by atoms with Crippen LogP contribution in [0.25, 0.3) is 15.5 Å². The molecule has 0 N–H and O–H groups in total. The van der Waals surface area contributed by atoms with Crippen LogP contribution in [0.15, 0.2) is 23.7 Å². The predicted molar refractivity (Wildman–Crippen MR) is 70.5 cm³/mol. The van der Waals surface area contributed by atoms with Gasteiger partial charge in [-0.1, -0.05) is 13.0 Å². The number of imidazole rings is 1. The van der Waals surface area contributed by atoms with Crippen LogP contribution < -0.4 is 0 Å². The Balaban J connectivity index is 2.18. The van der Waals surface area contributed by atoms with Crippen LogP contribution in [-0.2, 0) is 6.42 Å². The van der Waals surface area contributed by atoms with Gasteiger partial charge in [0.25, 0.3) is 0 Å². The van der Waals surface area contributed by atoms with Crippen molar-refractivity contribution < 1.29 is 0 Å². The Labute approximate surface area is 102 Å². The molecular formula is C12H12N2S2. The molecule has 0 aliphatic carbocycles. The minimum Gasteiger partial charge on any atom is -0.294 e. The summed E-state index contributed by atoms with van der Waals surface area (Å²) in [7, 11) is 0. The van der Waals surface area contributed by atoms with E-state index >= 15 is 0 Å². The molecule has 3 rings (SSSR count). The molecule has 0 spiro atoms. The first-order valence-electron chi connectivity index (χ1n) is 5.31. The van der Waals surface area contributed by atoms with Crippen LogP contribution in [0.1, 0.15) is 17.5 Å². The highest BCUT2D eigenvalue weighted by molar-refractivity contribution is 7.17. The second-order valence-corrected chi connectivity index (χ2v) is 5.73. The maximum atomic E-state index is 4.68. The molecule has 3 aromatic heterocycles. The van der Waals surface area contributed by atoms with Gasteiger partial charge < -0.3 is 0 Å². The topological polar surface area (TPSA) is 17.3 Å². The number of aromatic nitrogens is 2. The minimum absolute atomic E-state index is 1.09. The first kappa shape index (κ1) is 10.1. The Kier molecular flexibility index (Phi) is 2.33. The quantitative estimate of drug-likeness (QED) is 0.670. The summed E-state index contributed by atoms with van der Waals surface area (Å²) in [5, 5.41) is 2.09. The van der Waals surface area contributed by atoms with Crippen LogP contribution in [0.2, 0.25) is 0 Å². The monoisotopic (exact) mass is 248 g/mol. The Hall–Kier alpha value is -1.13. The molecule has 0 saturated heterocycles. The van der Waals surface area contributed by atoms with Gasteiger partial charge in [-0.25, -0.2) is 4.98 Å². The molecule has 0 bridgehead atoms. The SMILES string of the molecule is CCc1sc2nc(-c3cccs3)cn2c1C. The second kappa shape index (κ2) is 3.71. The van der Waals surface area contributed by atoms with Gasteiger partial charge in [0.1, 0.15) is 5.69 Å². The average Bonchev–Trinajstić information content (AvgIpc) is 2.95. The van der Waals surface area contributed by atoms with E-state index in [2.05, 4.69) is 46.9 Å².